The average molecular weight is 1810 g/mol. The Hall–Kier alpha value is -6.39. The van der Waals surface area contributed by atoms with Crippen molar-refractivity contribution in [2.24, 2.45) is 31.9 Å². The van der Waals surface area contributed by atoms with Crippen LogP contribution in [0.15, 0.2) is 26.4 Å². The van der Waals surface area contributed by atoms with Crippen LogP contribution in [0.5, 0.6) is 0 Å². The van der Waals surface area contributed by atoms with Crippen LogP contribution >= 0.6 is 0 Å². The molecule has 126 heavy (non-hydrogen) atoms. The zero-order valence-electron chi connectivity index (χ0n) is 72.3. The molecule has 6 saturated heterocycles. The van der Waals surface area contributed by atoms with Crippen LogP contribution in [-0.2, 0) is 137 Å². The van der Waals surface area contributed by atoms with Gasteiger partial charge in [0.25, 0.3) is 0 Å². The van der Waals surface area contributed by atoms with E-state index in [0.29, 0.717) is 77.1 Å². The van der Waals surface area contributed by atoms with Crippen molar-refractivity contribution >= 4 is 53.4 Å². The number of carbonyl (C=O) groups is 5. The lowest BCUT2D eigenvalue weighted by molar-refractivity contribution is -0.238. The molecule has 0 radical (unpaired) electrons. The van der Waals surface area contributed by atoms with E-state index in [1.165, 1.54) is 26.3 Å². The van der Waals surface area contributed by atoms with Gasteiger partial charge in [-0.1, -0.05) is 18.1 Å². The summed E-state index contributed by atoms with van der Waals surface area (Å²) in [5, 5.41) is 112. The molecular formula is C78H136N14O34. The zero-order chi connectivity index (χ0) is 90.5. The van der Waals surface area contributed by atoms with Crippen LogP contribution in [0.3, 0.4) is 0 Å². The number of aromatic nitrogens is 3. The fourth-order valence-electron chi connectivity index (χ4n) is 13.7. The molecule has 15 atom stereocenters. The van der Waals surface area contributed by atoms with Gasteiger partial charge in [-0.2, -0.15) is 10.2 Å². The van der Waals surface area contributed by atoms with E-state index in [0.717, 1.165) is 0 Å². The molecule has 6 aliphatic rings. The largest absolute Gasteiger partial charge is 0.394 e. The smallest absolute Gasteiger partial charge is 0.220 e. The van der Waals surface area contributed by atoms with Gasteiger partial charge in [-0.05, 0) is 25.7 Å². The number of aliphatic hydroxyl groups is 8. The second kappa shape index (κ2) is 60.5. The normalized spacial score (nSPS) is 25.8. The van der Waals surface area contributed by atoms with E-state index in [2.05, 4.69) is 57.1 Å². The maximum absolute atomic E-state index is 14.2. The van der Waals surface area contributed by atoms with Crippen LogP contribution in [0.1, 0.15) is 83.7 Å². The van der Waals surface area contributed by atoms with E-state index >= 15 is 0 Å². The molecule has 0 aliphatic carbocycles. The van der Waals surface area contributed by atoms with E-state index < -0.39 is 108 Å². The topological polar surface area (TPSA) is 633 Å². The number of rotatable bonds is 74. The Kier molecular flexibility index (Phi) is 51.2. The first kappa shape index (κ1) is 107. The SMILES string of the molecule is CC(=O)N[C@H]1[C@H]2OC[C@](COCCOCCOCCOCCN=CC(COCC(COCC(C=NCCOCCOCCOCCOC[C@]34CO[C@H](C[C@@H](O)[C@H]3O)O4)=NN)(COCc3cn(CCOCCOCCOCCOC[C@@]45CO[C@@H](O4)[C@H](NC(C)=O)[C@@H](O)[C@H]5O)nn3)NC(=O)CCCCCNC(=O)CCCCCC(=O)NC(CO)CO)=NN)(O2)[C@H](O)[C@@H]1O. The highest BCUT2D eigenvalue weighted by molar-refractivity contribution is 6.31. The minimum atomic E-state index is -1.42. The van der Waals surface area contributed by atoms with Crippen molar-refractivity contribution in [3.63, 3.8) is 0 Å². The van der Waals surface area contributed by atoms with Crippen LogP contribution < -0.4 is 38.3 Å². The summed E-state index contributed by atoms with van der Waals surface area (Å²) in [5.41, 5.74) is -4.16. The van der Waals surface area contributed by atoms with Crippen molar-refractivity contribution in [1.82, 2.24) is 41.6 Å². The van der Waals surface area contributed by atoms with E-state index in [-0.39, 0.29) is 279 Å². The van der Waals surface area contributed by atoms with E-state index in [9.17, 15) is 64.8 Å². The highest BCUT2D eigenvalue weighted by atomic mass is 16.8. The Balaban J connectivity index is 0.848. The second-order valence-electron chi connectivity index (χ2n) is 30.8. The van der Waals surface area contributed by atoms with Crippen molar-refractivity contribution in [3.8, 4) is 0 Å². The predicted molar refractivity (Wildman–Crippen MR) is 439 cm³/mol. The Labute approximate surface area is 731 Å². The number of hydrogen-bond acceptors (Lipinski definition) is 42. The summed E-state index contributed by atoms with van der Waals surface area (Å²) in [6, 6.07) is -2.56. The number of unbranched alkanes of at least 4 members (excludes halogenated alkanes) is 4. The summed E-state index contributed by atoms with van der Waals surface area (Å²) >= 11 is 0. The molecule has 48 nitrogen and oxygen atoms in total. The number of ether oxygens (including phenoxy) is 21. The van der Waals surface area contributed by atoms with Gasteiger partial charge in [-0.15, -0.1) is 5.10 Å². The number of carbonyl (C=O) groups excluding carboxylic acids is 5. The predicted octanol–water partition coefficient (Wildman–Crippen LogP) is -7.31. The lowest BCUT2D eigenvalue weighted by Crippen LogP contribution is -2.66. The number of fused-ring (bicyclic) bond motifs is 6. The van der Waals surface area contributed by atoms with Crippen LogP contribution in [0.2, 0.25) is 0 Å². The lowest BCUT2D eigenvalue weighted by Gasteiger charge is -2.42. The van der Waals surface area contributed by atoms with Crippen molar-refractivity contribution in [1.29, 1.82) is 0 Å². The Bertz CT molecular complexity index is 3340. The number of hydrogen-bond donors (Lipinski definition) is 15. The number of nitrogens with two attached hydrogens (primary N) is 2. The molecule has 7 rings (SSSR count). The molecule has 6 aliphatic heterocycles. The monoisotopic (exact) mass is 1810 g/mol. The van der Waals surface area contributed by atoms with Gasteiger partial charge in [-0.25, -0.2) is 4.68 Å². The summed E-state index contributed by atoms with van der Waals surface area (Å²) in [4.78, 5) is 71.0. The summed E-state index contributed by atoms with van der Waals surface area (Å²) < 4.78 is 123. The molecule has 48 heteroatoms. The van der Waals surface area contributed by atoms with Gasteiger partial charge in [0, 0.05) is 58.5 Å². The quantitative estimate of drug-likeness (QED) is 0.0125. The first-order valence-corrected chi connectivity index (χ1v) is 42.8. The molecule has 6 fully saturated rings. The van der Waals surface area contributed by atoms with Gasteiger partial charge < -0.3 is 179 Å². The van der Waals surface area contributed by atoms with Gasteiger partial charge in [0.15, 0.2) is 18.9 Å². The molecule has 1 aromatic heterocycles. The highest BCUT2D eigenvalue weighted by Gasteiger charge is 2.61. The zero-order valence-corrected chi connectivity index (χ0v) is 72.3. The van der Waals surface area contributed by atoms with Gasteiger partial charge >= 0.3 is 0 Å². The summed E-state index contributed by atoms with van der Waals surface area (Å²) in [6.45, 7) is 7.31. The van der Waals surface area contributed by atoms with E-state index in [1.54, 1.807) is 10.9 Å². The van der Waals surface area contributed by atoms with Crippen LogP contribution in [0, 0.1) is 0 Å². The highest BCUT2D eigenvalue weighted by Crippen LogP contribution is 2.40. The molecule has 0 saturated carbocycles. The van der Waals surface area contributed by atoms with E-state index in [4.69, 9.17) is 111 Å². The molecule has 722 valence electrons. The number of aliphatic imine (C=N–C) groups is 2. The Morgan fingerprint density at radius 2 is 0.929 bits per heavy atom. The molecule has 6 bridgehead atoms. The maximum Gasteiger partial charge on any atom is 0.220 e. The third kappa shape index (κ3) is 38.6. The van der Waals surface area contributed by atoms with Crippen molar-refractivity contribution in [2.45, 2.75) is 187 Å². The Morgan fingerprint density at radius 1 is 0.516 bits per heavy atom. The fourth-order valence-corrected chi connectivity index (χ4v) is 13.7. The summed E-state index contributed by atoms with van der Waals surface area (Å²) in [5.74, 6) is 10.1. The lowest BCUT2D eigenvalue weighted by atomic mass is 9.88. The molecule has 0 spiro atoms. The fraction of sp³-hybridized carbons (Fsp3) is 0.859. The molecule has 1 unspecified atom stereocenters. The van der Waals surface area contributed by atoms with Crippen molar-refractivity contribution in [3.05, 3.63) is 11.9 Å². The number of nitrogens with zero attached hydrogens (tertiary/aromatic N) is 7. The first-order chi connectivity index (χ1) is 61.1. The average Bonchev–Trinajstić information content (AvgIpc) is 1.60. The van der Waals surface area contributed by atoms with Crippen LogP contribution in [-0.4, -0.2) is 449 Å². The molecule has 7 heterocycles. The maximum atomic E-state index is 14.2. The van der Waals surface area contributed by atoms with E-state index in [1.807, 2.05) is 0 Å². The summed E-state index contributed by atoms with van der Waals surface area (Å²) in [7, 11) is 0. The second-order valence-corrected chi connectivity index (χ2v) is 30.8. The van der Waals surface area contributed by atoms with Crippen molar-refractivity contribution in [2.75, 3.05) is 244 Å². The third-order valence-electron chi connectivity index (χ3n) is 20.5. The molecule has 5 amide bonds. The summed E-state index contributed by atoms with van der Waals surface area (Å²) in [6.07, 6.45) is -1.20. The van der Waals surface area contributed by atoms with Crippen LogP contribution in [0.25, 0.3) is 0 Å². The van der Waals surface area contributed by atoms with Crippen LogP contribution in [0.4, 0.5) is 0 Å². The van der Waals surface area contributed by atoms with Crippen molar-refractivity contribution < 1.29 is 164 Å². The number of hydrazone groups is 2. The molecule has 1 aromatic rings. The first-order valence-electron chi connectivity index (χ1n) is 42.8. The molecular weight excluding hydrogens is 1680 g/mol. The number of aliphatic hydroxyl groups excluding tert-OH is 8. The number of nitrogens with one attached hydrogen (secondary N) is 5. The van der Waals surface area contributed by atoms with Gasteiger partial charge in [-0.3, -0.25) is 34.0 Å². The minimum Gasteiger partial charge on any atom is -0.394 e. The molecule has 17 N–H and O–H groups in total. The van der Waals surface area contributed by atoms with Gasteiger partial charge in [0.2, 0.25) is 29.5 Å². The van der Waals surface area contributed by atoms with Gasteiger partial charge in [0.1, 0.15) is 82.1 Å². The minimum absolute atomic E-state index is 0.0256. The standard InChI is InChI=1S/C78H136N14O34/c1-55(95)84-66-68(101)71(104)77(53-122-73(66)125-77)50-116-35-32-113-29-26-110-23-20-107-17-14-82-39-58(89-80)44-119-47-75(87-64(100)11-7-4-8-12-83-62(98)9-5-3-6-10-63(99)86-60(41-93)42-94,46-118-43-57(88-79)38-81-13-16-106-19-22-109-25-28-112-31-34-115-49-76-52-121-65(124-76)37-61(97)70(76)103)48-120-45-59-40-92(91-90-59)15-18-108-21-24-111-27-30-114-33-36-117-51-78-54-123-74(126-78)67(85-56(2)96)69(102)72(78)105/h38-40,60-61,65-74,93-94,97,101-105H,3-37,41-54,79-80H2,1-2H3,(H,83,98)(H,84,95)(H,85,96)(H,86,99)(H,87,100)/t61-,65+,66-,67-,68-,69-,70-,71-,72-,73+,74+,75?,76+,77+,78+/m1/s1. The molecule has 0 aromatic carbocycles. The number of amides is 5. The third-order valence-corrected chi connectivity index (χ3v) is 20.5. The van der Waals surface area contributed by atoms with Gasteiger partial charge in [0.05, 0.1) is 269 Å². The Morgan fingerprint density at radius 3 is 1.39 bits per heavy atom.